The van der Waals surface area contributed by atoms with Gasteiger partial charge < -0.3 is 14.1 Å². The zero-order valence-corrected chi connectivity index (χ0v) is 17.8. The zero-order chi connectivity index (χ0) is 20.9. The first kappa shape index (κ1) is 19.9. The van der Waals surface area contributed by atoms with Crippen LogP contribution in [0.2, 0.25) is 0 Å². The van der Waals surface area contributed by atoms with Gasteiger partial charge in [-0.25, -0.2) is 0 Å². The molecule has 6 heteroatoms. The Morgan fingerprint density at radius 3 is 2.83 bits per heavy atom. The Labute approximate surface area is 178 Å². The van der Waals surface area contributed by atoms with Crippen LogP contribution in [0.25, 0.3) is 0 Å². The van der Waals surface area contributed by atoms with Gasteiger partial charge in [0.05, 0.1) is 12.2 Å². The maximum absolute atomic E-state index is 12.8. The van der Waals surface area contributed by atoms with Crippen LogP contribution in [0.5, 0.6) is 0 Å². The van der Waals surface area contributed by atoms with Crippen molar-refractivity contribution in [3.63, 3.8) is 0 Å². The van der Waals surface area contributed by atoms with E-state index in [1.54, 1.807) is 12.1 Å². The van der Waals surface area contributed by atoms with E-state index in [0.29, 0.717) is 30.7 Å². The quantitative estimate of drug-likeness (QED) is 0.563. The molecular weight excluding hydrogens is 380 g/mol. The van der Waals surface area contributed by atoms with Crippen LogP contribution in [0.4, 0.5) is 0 Å². The Morgan fingerprint density at radius 1 is 1.30 bits per heavy atom. The Balaban J connectivity index is 1.21. The molecule has 5 atom stereocenters. The first-order valence-corrected chi connectivity index (χ1v) is 11.4. The number of hydrogen-bond donors (Lipinski definition) is 0. The highest BCUT2D eigenvalue weighted by atomic mass is 16.6. The summed E-state index contributed by atoms with van der Waals surface area (Å²) < 4.78 is 11.1. The molecule has 1 amide bonds. The van der Waals surface area contributed by atoms with E-state index in [1.807, 2.05) is 4.90 Å². The number of hydrogen-bond acceptors (Lipinski definition) is 5. The standard InChI is InChI=1S/C24H32N2O4/c1-16-5-3-7-24(2)14-21-17(13-19(16)24)18(23(28)30-21)15-25-8-10-26(11-9-25)22(27)20-6-4-12-29-20/h4,6,12,17-19,21H,1,3,5,7-11,13-15H2,2H3/t17-,18?,19+,21-,24-/m1/s1. The monoisotopic (exact) mass is 412 g/mol. The van der Waals surface area contributed by atoms with E-state index in [0.717, 1.165) is 38.9 Å². The summed E-state index contributed by atoms with van der Waals surface area (Å²) in [5, 5.41) is 0. The molecule has 1 unspecified atom stereocenters. The normalized spacial score (nSPS) is 36.9. The van der Waals surface area contributed by atoms with Gasteiger partial charge in [-0.05, 0) is 55.6 Å². The molecule has 4 fully saturated rings. The van der Waals surface area contributed by atoms with Gasteiger partial charge in [-0.3, -0.25) is 14.5 Å². The van der Waals surface area contributed by atoms with Crippen molar-refractivity contribution in [3.05, 3.63) is 36.3 Å². The molecule has 2 saturated heterocycles. The van der Waals surface area contributed by atoms with Gasteiger partial charge in [-0.1, -0.05) is 19.1 Å². The largest absolute Gasteiger partial charge is 0.462 e. The molecule has 6 nitrogen and oxygen atoms in total. The van der Waals surface area contributed by atoms with Crippen molar-refractivity contribution in [2.24, 2.45) is 23.2 Å². The van der Waals surface area contributed by atoms with E-state index in [4.69, 9.17) is 9.15 Å². The summed E-state index contributed by atoms with van der Waals surface area (Å²) in [6.45, 7) is 10.4. The number of piperazine rings is 1. The van der Waals surface area contributed by atoms with Crippen molar-refractivity contribution < 1.29 is 18.7 Å². The molecule has 2 aliphatic heterocycles. The van der Waals surface area contributed by atoms with Gasteiger partial charge in [-0.15, -0.1) is 0 Å². The van der Waals surface area contributed by atoms with Gasteiger partial charge in [-0.2, -0.15) is 0 Å². The average Bonchev–Trinajstić information content (AvgIpc) is 3.35. The third-order valence-electron chi connectivity index (χ3n) is 8.17. The lowest BCUT2D eigenvalue weighted by Gasteiger charge is -2.50. The lowest BCUT2D eigenvalue weighted by Crippen LogP contribution is -2.51. The van der Waals surface area contributed by atoms with E-state index in [2.05, 4.69) is 18.4 Å². The molecule has 1 aromatic heterocycles. The molecule has 4 aliphatic rings. The summed E-state index contributed by atoms with van der Waals surface area (Å²) in [5.74, 6) is 1.08. The van der Waals surface area contributed by atoms with E-state index >= 15 is 0 Å². The van der Waals surface area contributed by atoms with Gasteiger partial charge in [0.1, 0.15) is 6.10 Å². The molecule has 0 spiro atoms. The molecule has 0 radical (unpaired) electrons. The van der Waals surface area contributed by atoms with Crippen molar-refractivity contribution in [1.82, 2.24) is 9.80 Å². The topological polar surface area (TPSA) is 63.0 Å². The van der Waals surface area contributed by atoms with Crippen molar-refractivity contribution in [1.29, 1.82) is 0 Å². The fourth-order valence-corrected chi connectivity index (χ4v) is 6.43. The number of carbonyl (C=O) groups is 2. The molecule has 2 aliphatic carbocycles. The van der Waals surface area contributed by atoms with E-state index in [9.17, 15) is 9.59 Å². The first-order chi connectivity index (χ1) is 14.4. The van der Waals surface area contributed by atoms with Crippen LogP contribution in [0.15, 0.2) is 35.0 Å². The fourth-order valence-electron chi connectivity index (χ4n) is 6.43. The average molecular weight is 413 g/mol. The first-order valence-electron chi connectivity index (χ1n) is 11.4. The van der Waals surface area contributed by atoms with Crippen molar-refractivity contribution in [3.8, 4) is 0 Å². The highest BCUT2D eigenvalue weighted by molar-refractivity contribution is 5.91. The van der Waals surface area contributed by atoms with Crippen LogP contribution in [0.1, 0.15) is 49.6 Å². The maximum Gasteiger partial charge on any atom is 0.310 e. The summed E-state index contributed by atoms with van der Waals surface area (Å²) in [5.41, 5.74) is 1.62. The Kier molecular flexibility index (Phi) is 5.00. The summed E-state index contributed by atoms with van der Waals surface area (Å²) >= 11 is 0. The highest BCUT2D eigenvalue weighted by Crippen LogP contribution is 2.56. The SMILES string of the molecule is C=C1CCC[C@]2(C)C[C@H]3OC(=O)C(CN4CCN(C(=O)c5ccco5)CC4)[C@H]3C[C@@H]12. The number of rotatable bonds is 3. The van der Waals surface area contributed by atoms with Crippen LogP contribution >= 0.6 is 0 Å². The molecule has 2 saturated carbocycles. The van der Waals surface area contributed by atoms with Gasteiger partial charge in [0, 0.05) is 38.6 Å². The van der Waals surface area contributed by atoms with Crippen molar-refractivity contribution in [2.75, 3.05) is 32.7 Å². The third-order valence-corrected chi connectivity index (χ3v) is 8.17. The molecular formula is C24H32N2O4. The Morgan fingerprint density at radius 2 is 2.10 bits per heavy atom. The molecule has 0 bridgehead atoms. The molecule has 162 valence electrons. The molecule has 30 heavy (non-hydrogen) atoms. The zero-order valence-electron chi connectivity index (χ0n) is 17.8. The van der Waals surface area contributed by atoms with Crippen LogP contribution in [-0.4, -0.2) is 60.5 Å². The van der Waals surface area contributed by atoms with E-state index in [-0.39, 0.29) is 29.3 Å². The molecule has 3 heterocycles. The molecule has 0 N–H and O–H groups in total. The molecule has 1 aromatic rings. The number of allylic oxidation sites excluding steroid dienone is 1. The summed E-state index contributed by atoms with van der Waals surface area (Å²) in [6, 6.07) is 3.45. The van der Waals surface area contributed by atoms with Crippen LogP contribution < -0.4 is 0 Å². The number of fused-ring (bicyclic) bond motifs is 2. The van der Waals surface area contributed by atoms with Gasteiger partial charge in [0.15, 0.2) is 5.76 Å². The number of furan rings is 1. The van der Waals surface area contributed by atoms with Crippen LogP contribution in [-0.2, 0) is 9.53 Å². The smallest absolute Gasteiger partial charge is 0.310 e. The number of amides is 1. The maximum atomic E-state index is 12.8. The fraction of sp³-hybridized carbons (Fsp3) is 0.667. The third kappa shape index (κ3) is 3.39. The van der Waals surface area contributed by atoms with E-state index in [1.165, 1.54) is 24.7 Å². The van der Waals surface area contributed by atoms with E-state index < -0.39 is 0 Å². The van der Waals surface area contributed by atoms with Crippen LogP contribution in [0.3, 0.4) is 0 Å². The summed E-state index contributed by atoms with van der Waals surface area (Å²) in [7, 11) is 0. The second-order valence-electron chi connectivity index (χ2n) is 9.97. The lowest BCUT2D eigenvalue weighted by molar-refractivity contribution is -0.146. The van der Waals surface area contributed by atoms with Gasteiger partial charge in [0.25, 0.3) is 5.91 Å². The van der Waals surface area contributed by atoms with Gasteiger partial charge in [0.2, 0.25) is 0 Å². The summed E-state index contributed by atoms with van der Waals surface area (Å²) in [4.78, 5) is 29.4. The minimum absolute atomic E-state index is 0.0213. The van der Waals surface area contributed by atoms with Gasteiger partial charge >= 0.3 is 5.97 Å². The number of nitrogens with zero attached hydrogens (tertiary/aromatic N) is 2. The number of esters is 1. The summed E-state index contributed by atoms with van der Waals surface area (Å²) in [6.07, 6.45) is 7.17. The molecule has 5 rings (SSSR count). The second-order valence-corrected chi connectivity index (χ2v) is 9.97. The highest BCUT2D eigenvalue weighted by Gasteiger charge is 2.55. The van der Waals surface area contributed by atoms with Crippen molar-refractivity contribution >= 4 is 11.9 Å². The number of ether oxygens (including phenoxy) is 1. The van der Waals surface area contributed by atoms with Crippen LogP contribution in [0, 0.1) is 23.2 Å². The lowest BCUT2D eigenvalue weighted by atomic mass is 9.55. The Bertz CT molecular complexity index is 826. The molecule has 0 aromatic carbocycles. The predicted molar refractivity (Wildman–Crippen MR) is 112 cm³/mol. The number of carbonyl (C=O) groups excluding carboxylic acids is 2. The predicted octanol–water partition coefficient (Wildman–Crippen LogP) is 3.35. The van der Waals surface area contributed by atoms with Crippen molar-refractivity contribution in [2.45, 2.75) is 45.1 Å². The minimum Gasteiger partial charge on any atom is -0.462 e. The second kappa shape index (κ2) is 7.56. The minimum atomic E-state index is -0.0541. The Hall–Kier alpha value is -2.08.